The van der Waals surface area contributed by atoms with Gasteiger partial charge in [-0.1, -0.05) is 9.50 Å². The van der Waals surface area contributed by atoms with Crippen molar-refractivity contribution in [2.24, 2.45) is 11.0 Å². The summed E-state index contributed by atoms with van der Waals surface area (Å²) >= 11 is 5.33. The first-order valence-electron chi connectivity index (χ1n) is 3.86. The Hall–Kier alpha value is -0.530. The minimum atomic E-state index is -4.66. The molecule has 4 N–H and O–H groups in total. The normalized spacial score (nSPS) is 17.9. The third-order valence-corrected chi connectivity index (χ3v) is 3.58. The summed E-state index contributed by atoms with van der Waals surface area (Å²) in [4.78, 5) is 39.3. The molecule has 0 rings (SSSR count). The molecule has 0 aromatic carbocycles. The highest BCUT2D eigenvalue weighted by Gasteiger charge is 2.52. The molecule has 2 unspecified atom stereocenters. The number of alkyl halides is 1. The average Bonchev–Trinajstić information content (AvgIpc) is 2.11. The highest BCUT2D eigenvalue weighted by molar-refractivity contribution is 7.52. The van der Waals surface area contributed by atoms with E-state index in [-0.39, 0.29) is 12.4 Å². The van der Waals surface area contributed by atoms with Crippen molar-refractivity contribution < 1.29 is 23.7 Å². The Balaban J connectivity index is 5.35. The molecule has 0 heterocycles. The molecule has 10 heteroatoms. The van der Waals surface area contributed by atoms with Crippen LogP contribution in [0.25, 0.3) is 0 Å². The van der Waals surface area contributed by atoms with Crippen molar-refractivity contribution in [2.75, 3.05) is 12.4 Å². The fourth-order valence-corrected chi connectivity index (χ4v) is 2.03. The molecule has 2 amide bonds. The summed E-state index contributed by atoms with van der Waals surface area (Å²) in [5, 5.41) is 2.41. The van der Waals surface area contributed by atoms with Gasteiger partial charge in [-0.2, -0.15) is 0 Å². The molecule has 2 atom stereocenters. The SMILES string of the molecule is CC([N+](CCCl)(N=O)C(N)=O)P(=O)(O)O. The lowest BCUT2D eigenvalue weighted by Crippen LogP contribution is -2.57. The van der Waals surface area contributed by atoms with Gasteiger partial charge < -0.3 is 15.5 Å². The number of carbonyl (C=O) groups is 1. The van der Waals surface area contributed by atoms with Gasteiger partial charge in [0, 0.05) is 6.92 Å². The standard InChI is InChI=1S/C5H11ClN3O5P/c1-4(15(12,13)14)9(8-11,3-2-6)5(7)10/h4H,2-3H2,1H3,(H3-,7,10,12,13,14)/p+1. The summed E-state index contributed by atoms with van der Waals surface area (Å²) in [6, 6.07) is -1.25. The van der Waals surface area contributed by atoms with E-state index in [2.05, 4.69) is 5.29 Å². The number of amides is 2. The molecule has 0 aromatic heterocycles. The summed E-state index contributed by atoms with van der Waals surface area (Å²) in [6.07, 6.45) is 0. The molecule has 0 saturated heterocycles. The van der Waals surface area contributed by atoms with E-state index in [1.165, 1.54) is 0 Å². The Bertz CT molecular complexity index is 307. The number of nitroso groups, excluding NO2 is 1. The first kappa shape index (κ1) is 14.5. The van der Waals surface area contributed by atoms with Crippen LogP contribution >= 0.6 is 19.2 Å². The van der Waals surface area contributed by atoms with Crippen LogP contribution in [0.3, 0.4) is 0 Å². The zero-order valence-electron chi connectivity index (χ0n) is 7.91. The number of quaternary nitrogens is 1. The molecule has 8 nitrogen and oxygen atoms in total. The molecule has 0 bridgehead atoms. The predicted octanol–water partition coefficient (Wildman–Crippen LogP) is 0.326. The van der Waals surface area contributed by atoms with Crippen LogP contribution in [0.2, 0.25) is 0 Å². The molecule has 15 heavy (non-hydrogen) atoms. The number of hydrogen-bond acceptors (Lipinski definition) is 4. The number of nitrogens with zero attached hydrogens (tertiary/aromatic N) is 2. The molecule has 0 aliphatic carbocycles. The number of urea groups is 1. The molecule has 0 aromatic rings. The molecular formula is C5H12ClN3O5P+. The van der Waals surface area contributed by atoms with Crippen molar-refractivity contribution in [1.82, 2.24) is 0 Å². The zero-order valence-corrected chi connectivity index (χ0v) is 9.56. The summed E-state index contributed by atoms with van der Waals surface area (Å²) in [5.41, 5.74) is 4.90. The van der Waals surface area contributed by atoms with Gasteiger partial charge >= 0.3 is 13.6 Å². The molecule has 0 aliphatic heterocycles. The minimum absolute atomic E-state index is 0.182. The molecule has 0 spiro atoms. The number of primary amides is 1. The van der Waals surface area contributed by atoms with Crippen LogP contribution in [-0.2, 0) is 4.57 Å². The second-order valence-electron chi connectivity index (χ2n) is 2.88. The fraction of sp³-hybridized carbons (Fsp3) is 0.800. The summed E-state index contributed by atoms with van der Waals surface area (Å²) < 4.78 is 9.52. The Morgan fingerprint density at radius 1 is 1.67 bits per heavy atom. The predicted molar refractivity (Wildman–Crippen MR) is 52.7 cm³/mol. The highest BCUT2D eigenvalue weighted by atomic mass is 35.5. The Morgan fingerprint density at radius 3 is 2.33 bits per heavy atom. The number of hydrogen-bond donors (Lipinski definition) is 3. The maximum atomic E-state index is 11.0. The van der Waals surface area contributed by atoms with Crippen molar-refractivity contribution >= 4 is 25.2 Å². The van der Waals surface area contributed by atoms with Crippen LogP contribution in [0.4, 0.5) is 4.79 Å². The fourth-order valence-electron chi connectivity index (χ4n) is 1.01. The number of nitrogens with two attached hydrogens (primary N) is 1. The van der Waals surface area contributed by atoms with Crippen molar-refractivity contribution in [3.8, 4) is 0 Å². The molecule has 0 fully saturated rings. The van der Waals surface area contributed by atoms with Gasteiger partial charge in [0.25, 0.3) is 0 Å². The van der Waals surface area contributed by atoms with Crippen LogP contribution in [0, 0.1) is 4.91 Å². The van der Waals surface area contributed by atoms with Gasteiger partial charge in [-0.3, -0.25) is 4.57 Å². The lowest BCUT2D eigenvalue weighted by molar-refractivity contribution is -0.866. The van der Waals surface area contributed by atoms with Crippen molar-refractivity contribution in [3.05, 3.63) is 4.91 Å². The molecular weight excluding hydrogens is 248 g/mol. The van der Waals surface area contributed by atoms with E-state index >= 15 is 0 Å². The van der Waals surface area contributed by atoms with Crippen LogP contribution in [0.1, 0.15) is 6.92 Å². The van der Waals surface area contributed by atoms with Gasteiger partial charge in [-0.15, -0.1) is 11.6 Å². The van der Waals surface area contributed by atoms with Gasteiger partial charge in [-0.05, 0) is 0 Å². The summed E-state index contributed by atoms with van der Waals surface area (Å²) in [6.45, 7) is 0.645. The van der Waals surface area contributed by atoms with E-state index in [0.717, 1.165) is 6.92 Å². The highest BCUT2D eigenvalue weighted by Crippen LogP contribution is 2.46. The van der Waals surface area contributed by atoms with Crippen molar-refractivity contribution in [3.63, 3.8) is 0 Å². The van der Waals surface area contributed by atoms with E-state index in [0.29, 0.717) is 0 Å². The molecule has 0 saturated carbocycles. The first-order valence-corrected chi connectivity index (χ1v) is 6.07. The quantitative estimate of drug-likeness (QED) is 0.215. The van der Waals surface area contributed by atoms with Gasteiger partial charge in [0.2, 0.25) is 5.78 Å². The first-order chi connectivity index (χ1) is 6.72. The number of halogens is 1. The second kappa shape index (κ2) is 5.00. The Labute approximate surface area is 90.7 Å². The molecule has 0 radical (unpaired) electrons. The minimum Gasteiger partial charge on any atom is -0.320 e. The zero-order chi connectivity index (χ0) is 12.3. The van der Waals surface area contributed by atoms with E-state index in [1.807, 2.05) is 0 Å². The van der Waals surface area contributed by atoms with E-state index in [4.69, 9.17) is 27.1 Å². The Kier molecular flexibility index (Phi) is 4.82. The van der Waals surface area contributed by atoms with Gasteiger partial charge in [0.05, 0.1) is 5.88 Å². The maximum Gasteiger partial charge on any atom is 0.444 e. The average molecular weight is 261 g/mol. The van der Waals surface area contributed by atoms with E-state index in [1.54, 1.807) is 0 Å². The van der Waals surface area contributed by atoms with Crippen molar-refractivity contribution in [2.45, 2.75) is 12.7 Å². The summed E-state index contributed by atoms with van der Waals surface area (Å²) in [7, 11) is -4.66. The monoisotopic (exact) mass is 260 g/mol. The second-order valence-corrected chi connectivity index (χ2v) is 5.18. The summed E-state index contributed by atoms with van der Waals surface area (Å²) in [5.74, 6) is -1.83. The largest absolute Gasteiger partial charge is 0.444 e. The lowest BCUT2D eigenvalue weighted by Gasteiger charge is -2.28. The topological polar surface area (TPSA) is 130 Å². The van der Waals surface area contributed by atoms with E-state index in [9.17, 15) is 14.3 Å². The number of carbonyl (C=O) groups excluding carboxylic acids is 1. The van der Waals surface area contributed by atoms with Gasteiger partial charge in [-0.25, -0.2) is 4.79 Å². The third kappa shape index (κ3) is 2.96. The number of rotatable bonds is 5. The maximum absolute atomic E-state index is 11.0. The van der Waals surface area contributed by atoms with Crippen LogP contribution < -0.4 is 5.73 Å². The van der Waals surface area contributed by atoms with Crippen LogP contribution in [0.15, 0.2) is 5.29 Å². The van der Waals surface area contributed by atoms with Gasteiger partial charge in [0.15, 0.2) is 5.29 Å². The smallest absolute Gasteiger partial charge is 0.320 e. The van der Waals surface area contributed by atoms with E-state index < -0.39 is 24.0 Å². The Morgan fingerprint density at radius 2 is 2.13 bits per heavy atom. The van der Waals surface area contributed by atoms with Crippen LogP contribution in [0.5, 0.6) is 0 Å². The lowest BCUT2D eigenvalue weighted by atomic mass is 10.5. The van der Waals surface area contributed by atoms with Crippen LogP contribution in [-0.4, -0.2) is 38.6 Å². The van der Waals surface area contributed by atoms with Gasteiger partial charge in [0.1, 0.15) is 6.54 Å². The molecule has 88 valence electrons. The van der Waals surface area contributed by atoms with Crippen molar-refractivity contribution in [1.29, 1.82) is 0 Å². The molecule has 0 aliphatic rings. The third-order valence-electron chi connectivity index (χ3n) is 2.06.